The number of carbonyl (C=O) groups is 2. The van der Waals surface area contributed by atoms with Gasteiger partial charge in [0, 0.05) is 16.5 Å². The summed E-state index contributed by atoms with van der Waals surface area (Å²) in [6, 6.07) is 8.67. The first-order chi connectivity index (χ1) is 21.6. The van der Waals surface area contributed by atoms with Gasteiger partial charge in [-0.15, -0.1) is 0 Å². The van der Waals surface area contributed by atoms with Gasteiger partial charge in [0.25, 0.3) is 0 Å². The number of aromatic nitrogens is 2. The Labute approximate surface area is 273 Å². The van der Waals surface area contributed by atoms with Crippen molar-refractivity contribution in [2.75, 3.05) is 13.2 Å². The van der Waals surface area contributed by atoms with Crippen LogP contribution >= 0.6 is 28.7 Å². The van der Waals surface area contributed by atoms with E-state index < -0.39 is 35.4 Å². The van der Waals surface area contributed by atoms with Crippen molar-refractivity contribution >= 4 is 48.3 Å². The second-order valence-electron chi connectivity index (χ2n) is 8.57. The van der Waals surface area contributed by atoms with Gasteiger partial charge in [-0.2, -0.15) is 26.3 Å². The predicted octanol–water partition coefficient (Wildman–Crippen LogP) is 8.46. The molecule has 245 valence electrons. The van der Waals surface area contributed by atoms with E-state index >= 15 is 0 Å². The van der Waals surface area contributed by atoms with Crippen LogP contribution in [-0.4, -0.2) is 42.8 Å². The second kappa shape index (κ2) is 17.1. The van der Waals surface area contributed by atoms with Crippen LogP contribution in [0.15, 0.2) is 61.7 Å². The summed E-state index contributed by atoms with van der Waals surface area (Å²) in [7, 11) is 4.34. The molecular weight excluding hydrogens is 711 g/mol. The third-order valence-electron chi connectivity index (χ3n) is 5.46. The molecule has 9 nitrogen and oxygen atoms in total. The molecule has 4 aromatic rings. The first kappa shape index (κ1) is 38.3. The third kappa shape index (κ3) is 10.6. The molecule has 0 fully saturated rings. The monoisotopic (exact) mass is 734 g/mol. The van der Waals surface area contributed by atoms with Gasteiger partial charge in [0.05, 0.1) is 30.0 Å². The molecule has 0 amide bonds. The van der Waals surface area contributed by atoms with E-state index in [0.29, 0.717) is 22.5 Å². The molecule has 0 saturated heterocycles. The number of ether oxygens (including phenoxy) is 2. The number of rotatable bonds is 7. The van der Waals surface area contributed by atoms with E-state index in [1.807, 2.05) is 0 Å². The Kier molecular flexibility index (Phi) is 14.2. The number of thiol groups is 1. The first-order valence-corrected chi connectivity index (χ1v) is 14.4. The van der Waals surface area contributed by atoms with E-state index in [4.69, 9.17) is 18.3 Å². The maximum absolute atomic E-state index is 12.5. The molecule has 0 spiro atoms. The van der Waals surface area contributed by atoms with Crippen molar-refractivity contribution in [3.63, 3.8) is 0 Å². The molecule has 0 atom stereocenters. The molecule has 46 heavy (non-hydrogen) atoms. The summed E-state index contributed by atoms with van der Waals surface area (Å²) in [6.07, 6.45) is -8.81. The van der Waals surface area contributed by atoms with Crippen molar-refractivity contribution in [2.24, 2.45) is 4.30 Å². The summed E-state index contributed by atoms with van der Waals surface area (Å²) in [5.41, 5.74) is -0.196. The summed E-state index contributed by atoms with van der Waals surface area (Å²) in [4.78, 5) is 31.4. The van der Waals surface area contributed by atoms with Crippen molar-refractivity contribution in [1.82, 2.24) is 9.97 Å². The third-order valence-corrected chi connectivity index (χ3v) is 5.99. The summed E-state index contributed by atoms with van der Waals surface area (Å²) in [5.74, 6) is -1.29. The van der Waals surface area contributed by atoms with E-state index in [1.54, 1.807) is 20.8 Å². The Morgan fingerprint density at radius 1 is 0.804 bits per heavy atom. The van der Waals surface area contributed by atoms with Gasteiger partial charge in [-0.25, -0.2) is 19.6 Å². The molecule has 1 radical (unpaired) electrons. The van der Waals surface area contributed by atoms with Gasteiger partial charge in [0.1, 0.15) is 5.69 Å². The fourth-order valence-electron chi connectivity index (χ4n) is 3.43. The number of aryl methyl sites for hydroxylation is 1. The number of hydrogen-bond acceptors (Lipinski definition) is 10. The number of carbonyl (C=O) groups excluding carboxylic acids is 2. The minimum atomic E-state index is -4.41. The predicted molar refractivity (Wildman–Crippen MR) is 160 cm³/mol. The van der Waals surface area contributed by atoms with Crippen LogP contribution < -0.4 is 0 Å². The topological polar surface area (TPSA) is 117 Å². The fraction of sp³-hybridized carbons (Fsp3) is 0.286. The number of halogens is 7. The molecule has 0 N–H and O–H groups in total. The van der Waals surface area contributed by atoms with Gasteiger partial charge in [-0.3, -0.25) is 0 Å². The Morgan fingerprint density at radius 3 is 1.54 bits per heavy atom. The number of esters is 2. The van der Waals surface area contributed by atoms with Gasteiger partial charge in [-0.05, 0) is 69.3 Å². The zero-order valence-electron chi connectivity index (χ0n) is 24.2. The molecule has 0 aliphatic heterocycles. The van der Waals surface area contributed by atoms with Crippen molar-refractivity contribution in [2.45, 2.75) is 38.5 Å². The number of nitrogens with zero attached hydrogens (tertiary/aromatic N) is 3. The number of alkyl halides is 7. The molecular formula is C28H24BBrF6N3O6S. The standard InChI is InChI=1S/C14H11BrF3NO3.C14H12F3NO3.BHNS/c1-2-21-13(20)11-10(7-15)19-12(22-11)8-3-5-9(6-4-8)14(16,17)18;1-3-20-13(19)11-8(2)18-12(21-11)9-4-6-10(7-5-9)14(15,16)17;1-2-3/h3-6H,2,7H2,1H3;4-7H,3H2,1-2H3;3H. The van der Waals surface area contributed by atoms with Crippen LogP contribution in [-0.2, 0) is 27.2 Å². The van der Waals surface area contributed by atoms with Gasteiger partial charge in [0.15, 0.2) is 0 Å². The number of benzene rings is 2. The SMILES string of the molecule is CCOC(=O)c1oc(-c2ccc(C(F)(F)F)cc2)nc1C.CCOC(=O)c1oc(-c2ccc(C(F)(F)F)cc2)nc1CBr.[B]=NS. The van der Waals surface area contributed by atoms with Gasteiger partial charge in [0.2, 0.25) is 23.3 Å². The average molecular weight is 735 g/mol. The normalized spacial score (nSPS) is 11.0. The van der Waals surface area contributed by atoms with E-state index in [0.717, 1.165) is 24.3 Å². The van der Waals surface area contributed by atoms with Crippen molar-refractivity contribution in [1.29, 1.82) is 0 Å². The Hall–Kier alpha value is -3.93. The Bertz CT molecular complexity index is 1610. The van der Waals surface area contributed by atoms with E-state index in [2.05, 4.69) is 50.7 Å². The van der Waals surface area contributed by atoms with Gasteiger partial charge in [-0.1, -0.05) is 15.9 Å². The molecule has 18 heteroatoms. The van der Waals surface area contributed by atoms with Crippen molar-refractivity contribution < 1.29 is 54.2 Å². The second-order valence-corrected chi connectivity index (χ2v) is 9.36. The fourth-order valence-corrected chi connectivity index (χ4v) is 3.81. The van der Waals surface area contributed by atoms with Crippen LogP contribution in [0, 0.1) is 6.92 Å². The van der Waals surface area contributed by atoms with Crippen molar-refractivity contribution in [3.8, 4) is 22.9 Å². The number of hydrogen-bond donors (Lipinski definition) is 1. The van der Waals surface area contributed by atoms with Gasteiger partial charge >= 0.3 is 49.0 Å². The summed E-state index contributed by atoms with van der Waals surface area (Å²) >= 11 is 6.36. The van der Waals surface area contributed by atoms with E-state index in [-0.39, 0.29) is 41.8 Å². The van der Waals surface area contributed by atoms with Crippen LogP contribution in [0.25, 0.3) is 22.9 Å². The van der Waals surface area contributed by atoms with Crippen LogP contribution in [0.2, 0.25) is 0 Å². The Morgan fingerprint density at radius 2 is 1.17 bits per heavy atom. The molecule has 2 aromatic heterocycles. The zero-order valence-corrected chi connectivity index (χ0v) is 26.7. The molecule has 0 saturated carbocycles. The van der Waals surface area contributed by atoms with E-state index in [1.165, 1.54) is 24.3 Å². The molecule has 0 unspecified atom stereocenters. The molecule has 0 aliphatic rings. The summed E-state index contributed by atoms with van der Waals surface area (Å²) in [5, 5.41) is 0.255. The van der Waals surface area contributed by atoms with Crippen LogP contribution in [0.3, 0.4) is 0 Å². The molecule has 0 bridgehead atoms. The molecule has 4 rings (SSSR count). The van der Waals surface area contributed by atoms with Crippen molar-refractivity contribution in [3.05, 3.63) is 82.6 Å². The summed E-state index contributed by atoms with van der Waals surface area (Å²) in [6.45, 7) is 5.23. The molecule has 2 aromatic carbocycles. The quantitative estimate of drug-likeness (QED) is 0.0661. The first-order valence-electron chi connectivity index (χ1n) is 12.9. The van der Waals surface area contributed by atoms with Crippen LogP contribution in [0.5, 0.6) is 0 Å². The van der Waals surface area contributed by atoms with E-state index in [9.17, 15) is 35.9 Å². The minimum absolute atomic E-state index is 0.0493. The van der Waals surface area contributed by atoms with Crippen LogP contribution in [0.1, 0.15) is 57.5 Å². The summed E-state index contributed by atoms with van der Waals surface area (Å²) < 4.78 is 98.0. The Balaban J connectivity index is 0.000000295. The van der Waals surface area contributed by atoms with Crippen LogP contribution in [0.4, 0.5) is 26.3 Å². The molecule has 2 heterocycles. The molecule has 0 aliphatic carbocycles. The number of oxazole rings is 2. The average Bonchev–Trinajstić information content (AvgIpc) is 3.61. The zero-order chi connectivity index (χ0) is 34.7. The van der Waals surface area contributed by atoms with Gasteiger partial charge < -0.3 is 18.3 Å². The maximum atomic E-state index is 12.5.